The van der Waals surface area contributed by atoms with E-state index >= 15 is 0 Å². The molecule has 4 N–H and O–H groups in total. The van der Waals surface area contributed by atoms with Crippen LogP contribution in [0.4, 0.5) is 0 Å². The van der Waals surface area contributed by atoms with Gasteiger partial charge in [0.25, 0.3) is 5.91 Å². The first kappa shape index (κ1) is 12.9. The van der Waals surface area contributed by atoms with Crippen molar-refractivity contribution < 1.29 is 20.0 Å². The number of carbonyl (C=O) groups excluding carboxylic acids is 2. The van der Waals surface area contributed by atoms with E-state index in [4.69, 9.17) is 16.1 Å². The lowest BCUT2D eigenvalue weighted by Crippen LogP contribution is -2.34. The van der Waals surface area contributed by atoms with Gasteiger partial charge in [-0.1, -0.05) is 19.1 Å². The Balaban J connectivity index is 4.38. The number of amides is 2. The number of nitrogens with two attached hydrogens (primary N) is 1. The van der Waals surface area contributed by atoms with Crippen molar-refractivity contribution >= 4 is 11.8 Å². The molecule has 6 heteroatoms. The second-order valence-electron chi connectivity index (χ2n) is 3.62. The molecule has 2 amide bonds. The van der Waals surface area contributed by atoms with Crippen LogP contribution in [0.5, 0.6) is 0 Å². The van der Waals surface area contributed by atoms with Gasteiger partial charge in [-0.25, -0.2) is 0 Å². The van der Waals surface area contributed by atoms with Gasteiger partial charge in [0.1, 0.15) is 0 Å². The zero-order valence-corrected chi connectivity index (χ0v) is 8.30. The van der Waals surface area contributed by atoms with Gasteiger partial charge in [-0.15, -0.1) is 0 Å². The van der Waals surface area contributed by atoms with E-state index in [1.807, 2.05) is 13.8 Å². The normalized spacial score (nSPS) is 12.6. The number of hydrogen-bond donors (Lipinski definition) is 3. The molecule has 0 bridgehead atoms. The van der Waals surface area contributed by atoms with Crippen molar-refractivity contribution in [3.05, 3.63) is 0 Å². The Bertz CT molecular complexity index is 215. The fourth-order valence-electron chi connectivity index (χ4n) is 1.25. The van der Waals surface area contributed by atoms with Gasteiger partial charge in [0.2, 0.25) is 5.91 Å². The number of hydrogen-bond acceptors (Lipinski definition) is 4. The Morgan fingerprint density at radius 2 is 1.86 bits per heavy atom. The highest BCUT2D eigenvalue weighted by Crippen LogP contribution is 2.16. The number of nitrogens with zero attached hydrogens (tertiary/aromatic N) is 1. The third kappa shape index (κ3) is 4.78. The third-order valence-corrected chi connectivity index (χ3v) is 1.75. The lowest BCUT2D eigenvalue weighted by Gasteiger charge is -2.17. The molecular formula is C8H16N2O4. The van der Waals surface area contributed by atoms with E-state index in [1.165, 1.54) is 0 Å². The summed E-state index contributed by atoms with van der Waals surface area (Å²) in [5, 5.41) is 16.5. The van der Waals surface area contributed by atoms with Crippen molar-refractivity contribution in [2.24, 2.45) is 17.6 Å². The zero-order valence-electron chi connectivity index (χ0n) is 8.30. The molecule has 14 heavy (non-hydrogen) atoms. The van der Waals surface area contributed by atoms with Crippen LogP contribution < -0.4 is 5.73 Å². The zero-order chi connectivity index (χ0) is 11.3. The molecule has 1 atom stereocenters. The average molecular weight is 204 g/mol. The van der Waals surface area contributed by atoms with Crippen LogP contribution in [0.1, 0.15) is 26.7 Å². The van der Waals surface area contributed by atoms with E-state index in [0.717, 1.165) is 0 Å². The number of carbonyl (C=O) groups is 2. The van der Waals surface area contributed by atoms with E-state index in [2.05, 4.69) is 0 Å². The summed E-state index contributed by atoms with van der Waals surface area (Å²) in [6.07, 6.45) is 0.216. The van der Waals surface area contributed by atoms with Crippen molar-refractivity contribution in [1.29, 1.82) is 0 Å². The first-order chi connectivity index (χ1) is 6.34. The van der Waals surface area contributed by atoms with Gasteiger partial charge in [-0.2, -0.15) is 0 Å². The maximum absolute atomic E-state index is 11.1. The quantitative estimate of drug-likeness (QED) is 0.437. The molecule has 0 aromatic heterocycles. The molecule has 0 saturated heterocycles. The minimum Gasteiger partial charge on any atom is -0.370 e. The lowest BCUT2D eigenvalue weighted by molar-refractivity contribution is -0.288. The third-order valence-electron chi connectivity index (χ3n) is 1.75. The molecule has 0 aliphatic heterocycles. The molecule has 0 aliphatic carbocycles. The number of primary amides is 1. The molecule has 0 fully saturated rings. The fraction of sp³-hybridized carbons (Fsp3) is 0.750. The SMILES string of the molecule is CC(C)C[C@@H](CC(N)=O)C(=O)N(O)O. The lowest BCUT2D eigenvalue weighted by atomic mass is 9.93. The van der Waals surface area contributed by atoms with Crippen molar-refractivity contribution in [3.8, 4) is 0 Å². The van der Waals surface area contributed by atoms with Crippen LogP contribution in [0.2, 0.25) is 0 Å². The highest BCUT2D eigenvalue weighted by Gasteiger charge is 2.25. The summed E-state index contributed by atoms with van der Waals surface area (Å²) in [6, 6.07) is 0. The van der Waals surface area contributed by atoms with Gasteiger partial charge in [0, 0.05) is 6.42 Å². The van der Waals surface area contributed by atoms with E-state index in [1.54, 1.807) is 0 Å². The standard InChI is InChI=1S/C8H16N2O4/c1-5(2)3-6(4-7(9)11)8(12)10(13)14/h5-6,13-14H,3-4H2,1-2H3,(H2,9,11)/t6-/m0/s1. The predicted octanol–water partition coefficient (Wildman–Crippen LogP) is 0.131. The largest absolute Gasteiger partial charge is 0.370 e. The molecule has 6 nitrogen and oxygen atoms in total. The van der Waals surface area contributed by atoms with E-state index in [9.17, 15) is 9.59 Å². The molecule has 0 saturated carbocycles. The minimum atomic E-state index is -0.905. The molecule has 0 rings (SSSR count). The Labute approximate surface area is 82.2 Å². The van der Waals surface area contributed by atoms with Crippen molar-refractivity contribution in [1.82, 2.24) is 5.23 Å². The van der Waals surface area contributed by atoms with Crippen LogP contribution in [0.3, 0.4) is 0 Å². The fourth-order valence-corrected chi connectivity index (χ4v) is 1.25. The van der Waals surface area contributed by atoms with Gasteiger partial charge >= 0.3 is 0 Å². The van der Waals surface area contributed by atoms with E-state index in [0.29, 0.717) is 6.42 Å². The Hall–Kier alpha value is -1.14. The molecule has 0 aromatic carbocycles. The summed E-state index contributed by atoms with van der Waals surface area (Å²) in [6.45, 7) is 3.72. The predicted molar refractivity (Wildman–Crippen MR) is 47.2 cm³/mol. The molecule has 82 valence electrons. The van der Waals surface area contributed by atoms with E-state index < -0.39 is 23.0 Å². The van der Waals surface area contributed by atoms with E-state index in [-0.39, 0.29) is 12.3 Å². The van der Waals surface area contributed by atoms with Crippen LogP contribution in [-0.2, 0) is 9.59 Å². The summed E-state index contributed by atoms with van der Waals surface area (Å²) in [5.41, 5.74) is 4.93. The molecular weight excluding hydrogens is 188 g/mol. The molecule has 0 aliphatic rings. The monoisotopic (exact) mass is 204 g/mol. The molecule has 0 radical (unpaired) electrons. The van der Waals surface area contributed by atoms with Crippen LogP contribution in [0.15, 0.2) is 0 Å². The second-order valence-corrected chi connectivity index (χ2v) is 3.62. The maximum Gasteiger partial charge on any atom is 0.276 e. The first-order valence-corrected chi connectivity index (χ1v) is 4.34. The van der Waals surface area contributed by atoms with Gasteiger partial charge in [-0.05, 0) is 12.3 Å². The van der Waals surface area contributed by atoms with Gasteiger partial charge in [0.05, 0.1) is 5.92 Å². The Morgan fingerprint density at radius 1 is 1.36 bits per heavy atom. The molecule has 0 heterocycles. The van der Waals surface area contributed by atoms with Crippen LogP contribution >= 0.6 is 0 Å². The minimum absolute atomic E-state index is 0.170. The van der Waals surface area contributed by atoms with Crippen molar-refractivity contribution in [2.45, 2.75) is 26.7 Å². The molecule has 0 unspecified atom stereocenters. The first-order valence-electron chi connectivity index (χ1n) is 4.34. The molecule has 0 aromatic rings. The maximum atomic E-state index is 11.1. The summed E-state index contributed by atoms with van der Waals surface area (Å²) in [7, 11) is 0. The van der Waals surface area contributed by atoms with Crippen LogP contribution in [0, 0.1) is 11.8 Å². The highest BCUT2D eigenvalue weighted by molar-refractivity contribution is 5.83. The average Bonchev–Trinajstić information content (AvgIpc) is 1.99. The van der Waals surface area contributed by atoms with Crippen molar-refractivity contribution in [2.75, 3.05) is 0 Å². The summed E-state index contributed by atoms with van der Waals surface area (Å²) < 4.78 is 0. The summed E-state index contributed by atoms with van der Waals surface area (Å²) in [4.78, 5) is 21.7. The number of rotatable bonds is 5. The highest BCUT2D eigenvalue weighted by atomic mass is 16.8. The van der Waals surface area contributed by atoms with Crippen molar-refractivity contribution in [3.63, 3.8) is 0 Å². The number of hydroxylamine groups is 2. The van der Waals surface area contributed by atoms with Crippen LogP contribution in [-0.4, -0.2) is 27.5 Å². The molecule has 0 spiro atoms. The summed E-state index contributed by atoms with van der Waals surface area (Å²) >= 11 is 0. The second kappa shape index (κ2) is 5.56. The Morgan fingerprint density at radius 3 is 2.14 bits per heavy atom. The summed E-state index contributed by atoms with van der Waals surface area (Å²) in [5.74, 6) is -2.13. The Kier molecular flexibility index (Phi) is 5.11. The smallest absolute Gasteiger partial charge is 0.276 e. The van der Waals surface area contributed by atoms with Crippen LogP contribution in [0.25, 0.3) is 0 Å². The topological polar surface area (TPSA) is 104 Å². The van der Waals surface area contributed by atoms with Gasteiger partial charge in [0.15, 0.2) is 0 Å². The van der Waals surface area contributed by atoms with Gasteiger partial charge in [-0.3, -0.25) is 20.0 Å². The van der Waals surface area contributed by atoms with Gasteiger partial charge < -0.3 is 5.73 Å².